The molecule has 0 amide bonds. The molecule has 2 heterocycles. The summed E-state index contributed by atoms with van der Waals surface area (Å²) in [5.41, 5.74) is 1.42. The van der Waals surface area contributed by atoms with Crippen molar-refractivity contribution >= 4 is 29.9 Å². The molecule has 1 aromatic carbocycles. The lowest BCUT2D eigenvalue weighted by atomic mass is 9.99. The van der Waals surface area contributed by atoms with Crippen LogP contribution in [0.4, 0.5) is 0 Å². The number of rotatable bonds is 6. The van der Waals surface area contributed by atoms with Gasteiger partial charge in [0.1, 0.15) is 0 Å². The van der Waals surface area contributed by atoms with Gasteiger partial charge in [0.05, 0.1) is 6.54 Å². The van der Waals surface area contributed by atoms with E-state index in [-0.39, 0.29) is 24.0 Å². The van der Waals surface area contributed by atoms with Crippen LogP contribution in [0.15, 0.2) is 39.8 Å². The fourth-order valence-corrected chi connectivity index (χ4v) is 3.26. The average molecular weight is 469 g/mol. The van der Waals surface area contributed by atoms with Crippen molar-refractivity contribution in [2.75, 3.05) is 26.2 Å². The van der Waals surface area contributed by atoms with E-state index in [9.17, 15) is 0 Å². The van der Waals surface area contributed by atoms with Crippen molar-refractivity contribution in [2.45, 2.75) is 33.1 Å². The van der Waals surface area contributed by atoms with Crippen LogP contribution < -0.4 is 5.32 Å². The topological polar surface area (TPSA) is 66.5 Å². The zero-order chi connectivity index (χ0) is 17.5. The fourth-order valence-electron chi connectivity index (χ4n) is 3.26. The average Bonchev–Trinajstić information content (AvgIpc) is 3.24. The van der Waals surface area contributed by atoms with Gasteiger partial charge in [-0.15, -0.1) is 24.0 Å². The van der Waals surface area contributed by atoms with Gasteiger partial charge in [0.15, 0.2) is 11.8 Å². The molecule has 3 rings (SSSR count). The van der Waals surface area contributed by atoms with Crippen molar-refractivity contribution in [3.8, 4) is 0 Å². The molecule has 1 aromatic heterocycles. The maximum absolute atomic E-state index is 5.15. The van der Waals surface area contributed by atoms with Crippen LogP contribution in [-0.2, 0) is 12.8 Å². The number of likely N-dealkylation sites (tertiary alicyclic amines) is 1. The summed E-state index contributed by atoms with van der Waals surface area (Å²) in [6.45, 7) is 7.58. The Morgan fingerprint density at radius 2 is 2.15 bits per heavy atom. The van der Waals surface area contributed by atoms with E-state index in [0.717, 1.165) is 32.0 Å². The van der Waals surface area contributed by atoms with Crippen LogP contribution in [0.5, 0.6) is 0 Å². The summed E-state index contributed by atoms with van der Waals surface area (Å²) in [4.78, 5) is 11.3. The van der Waals surface area contributed by atoms with Gasteiger partial charge in [-0.3, -0.25) is 4.99 Å². The molecule has 6 nitrogen and oxygen atoms in total. The van der Waals surface area contributed by atoms with Gasteiger partial charge in [-0.1, -0.05) is 35.5 Å². The highest BCUT2D eigenvalue weighted by Crippen LogP contribution is 2.20. The smallest absolute Gasteiger partial charge is 0.228 e. The molecule has 0 radical (unpaired) electrons. The molecule has 1 N–H and O–H groups in total. The largest absolute Gasteiger partial charge is 0.357 e. The monoisotopic (exact) mass is 469 g/mol. The second-order valence-electron chi connectivity index (χ2n) is 6.51. The zero-order valence-electron chi connectivity index (χ0n) is 15.5. The van der Waals surface area contributed by atoms with E-state index in [1.807, 2.05) is 6.92 Å². The third-order valence-corrected chi connectivity index (χ3v) is 4.44. The predicted octanol–water partition coefficient (Wildman–Crippen LogP) is 3.07. The number of nitrogens with zero attached hydrogens (tertiary/aromatic N) is 4. The van der Waals surface area contributed by atoms with Gasteiger partial charge in [0.2, 0.25) is 5.89 Å². The SMILES string of the molecule is CCNC(=NCCc1nc(C)no1)N1CCC(Cc2ccccc2)C1.I. The highest BCUT2D eigenvalue weighted by Gasteiger charge is 2.24. The molecule has 26 heavy (non-hydrogen) atoms. The number of halogens is 1. The van der Waals surface area contributed by atoms with Gasteiger partial charge in [-0.05, 0) is 38.2 Å². The number of guanidine groups is 1. The van der Waals surface area contributed by atoms with E-state index in [2.05, 4.69) is 57.6 Å². The third kappa shape index (κ3) is 5.96. The molecule has 0 aliphatic carbocycles. The summed E-state index contributed by atoms with van der Waals surface area (Å²) >= 11 is 0. The second kappa shape index (κ2) is 10.5. The van der Waals surface area contributed by atoms with Crippen LogP contribution >= 0.6 is 24.0 Å². The van der Waals surface area contributed by atoms with Crippen molar-refractivity contribution in [2.24, 2.45) is 10.9 Å². The number of benzene rings is 1. The Hall–Kier alpha value is -1.64. The van der Waals surface area contributed by atoms with Crippen LogP contribution in [0.3, 0.4) is 0 Å². The summed E-state index contributed by atoms with van der Waals surface area (Å²) in [6, 6.07) is 10.7. The molecular formula is C19H28IN5O. The van der Waals surface area contributed by atoms with Gasteiger partial charge >= 0.3 is 0 Å². The van der Waals surface area contributed by atoms with Crippen molar-refractivity contribution in [3.63, 3.8) is 0 Å². The molecule has 1 aliphatic rings. The molecule has 1 atom stereocenters. The first-order valence-electron chi connectivity index (χ1n) is 9.11. The van der Waals surface area contributed by atoms with Crippen molar-refractivity contribution in [1.29, 1.82) is 0 Å². The molecule has 2 aromatic rings. The van der Waals surface area contributed by atoms with Crippen molar-refractivity contribution in [3.05, 3.63) is 47.6 Å². The van der Waals surface area contributed by atoms with E-state index >= 15 is 0 Å². The Morgan fingerprint density at radius 3 is 2.85 bits per heavy atom. The normalized spacial score (nSPS) is 17.2. The number of nitrogens with one attached hydrogen (secondary N) is 1. The third-order valence-electron chi connectivity index (χ3n) is 4.44. The molecule has 1 saturated heterocycles. The molecule has 0 spiro atoms. The Bertz CT molecular complexity index is 688. The number of aliphatic imine (C=N–C) groups is 1. The van der Waals surface area contributed by atoms with E-state index in [4.69, 9.17) is 9.52 Å². The predicted molar refractivity (Wildman–Crippen MR) is 114 cm³/mol. The molecule has 7 heteroatoms. The van der Waals surface area contributed by atoms with E-state index < -0.39 is 0 Å². The summed E-state index contributed by atoms with van der Waals surface area (Å²) in [5, 5.41) is 7.23. The quantitative estimate of drug-likeness (QED) is 0.400. The lowest BCUT2D eigenvalue weighted by molar-refractivity contribution is 0.375. The maximum atomic E-state index is 5.15. The molecular weight excluding hydrogens is 441 g/mol. The van der Waals surface area contributed by atoms with Crippen LogP contribution in [-0.4, -0.2) is 47.2 Å². The summed E-state index contributed by atoms with van der Waals surface area (Å²) in [5.74, 6) is 3.01. The van der Waals surface area contributed by atoms with Gasteiger partial charge < -0.3 is 14.7 Å². The Labute approximate surface area is 172 Å². The Balaban J connectivity index is 0.00000243. The summed E-state index contributed by atoms with van der Waals surface area (Å²) in [7, 11) is 0. The minimum absolute atomic E-state index is 0. The summed E-state index contributed by atoms with van der Waals surface area (Å²) in [6.07, 6.45) is 3.02. The van der Waals surface area contributed by atoms with E-state index in [0.29, 0.717) is 30.6 Å². The van der Waals surface area contributed by atoms with Crippen LogP contribution in [0.25, 0.3) is 0 Å². The first kappa shape index (κ1) is 20.7. The molecule has 1 fully saturated rings. The number of hydrogen-bond acceptors (Lipinski definition) is 4. The second-order valence-corrected chi connectivity index (χ2v) is 6.51. The highest BCUT2D eigenvalue weighted by molar-refractivity contribution is 14.0. The number of hydrogen-bond donors (Lipinski definition) is 1. The molecule has 0 bridgehead atoms. The lowest BCUT2D eigenvalue weighted by Gasteiger charge is -2.21. The van der Waals surface area contributed by atoms with Crippen LogP contribution in [0.1, 0.15) is 30.6 Å². The highest BCUT2D eigenvalue weighted by atomic mass is 127. The van der Waals surface area contributed by atoms with Gasteiger partial charge in [-0.25, -0.2) is 0 Å². The first-order chi connectivity index (χ1) is 12.2. The summed E-state index contributed by atoms with van der Waals surface area (Å²) < 4.78 is 5.15. The minimum Gasteiger partial charge on any atom is -0.357 e. The van der Waals surface area contributed by atoms with Crippen LogP contribution in [0, 0.1) is 12.8 Å². The van der Waals surface area contributed by atoms with Crippen molar-refractivity contribution < 1.29 is 4.52 Å². The van der Waals surface area contributed by atoms with Crippen LogP contribution in [0.2, 0.25) is 0 Å². The molecule has 0 saturated carbocycles. The zero-order valence-corrected chi connectivity index (χ0v) is 17.8. The van der Waals surface area contributed by atoms with E-state index in [1.54, 1.807) is 0 Å². The minimum atomic E-state index is 0. The molecule has 142 valence electrons. The number of aryl methyl sites for hydroxylation is 1. The lowest BCUT2D eigenvalue weighted by Crippen LogP contribution is -2.40. The first-order valence-corrected chi connectivity index (χ1v) is 9.11. The van der Waals surface area contributed by atoms with Gasteiger partial charge in [-0.2, -0.15) is 4.98 Å². The maximum Gasteiger partial charge on any atom is 0.228 e. The molecule has 1 aliphatic heterocycles. The Morgan fingerprint density at radius 1 is 1.35 bits per heavy atom. The van der Waals surface area contributed by atoms with Gasteiger partial charge in [0, 0.05) is 26.1 Å². The molecule has 1 unspecified atom stereocenters. The van der Waals surface area contributed by atoms with E-state index in [1.165, 1.54) is 12.0 Å². The Kier molecular flexibility index (Phi) is 8.34. The van der Waals surface area contributed by atoms with Gasteiger partial charge in [0.25, 0.3) is 0 Å². The standard InChI is InChI=1S/C19H27N5O.HI/c1-3-20-19(21-11-9-18-22-15(2)23-25-18)24-12-10-17(14-24)13-16-7-5-4-6-8-16;/h4-8,17H,3,9-14H2,1-2H3,(H,20,21);1H. The number of aromatic nitrogens is 2. The fraction of sp³-hybridized carbons (Fsp3) is 0.526. The van der Waals surface area contributed by atoms with Crippen molar-refractivity contribution in [1.82, 2.24) is 20.4 Å².